The molecule has 3 aromatic rings. The van der Waals surface area contributed by atoms with Crippen LogP contribution in [0.1, 0.15) is 51.1 Å². The van der Waals surface area contributed by atoms with Crippen LogP contribution >= 0.6 is 0 Å². The molecule has 6 heteroatoms. The first-order valence-electron chi connectivity index (χ1n) is 13.0. The van der Waals surface area contributed by atoms with Crippen molar-refractivity contribution in [2.75, 3.05) is 25.1 Å². The zero-order valence-corrected chi connectivity index (χ0v) is 21.6. The van der Waals surface area contributed by atoms with Crippen LogP contribution in [0.2, 0.25) is 0 Å². The molecule has 0 unspecified atom stereocenters. The predicted octanol–water partition coefficient (Wildman–Crippen LogP) is 5.98. The van der Waals surface area contributed by atoms with Crippen molar-refractivity contribution in [2.45, 2.75) is 32.2 Å². The Hall–Kier alpha value is -4.32. The Morgan fingerprint density at radius 3 is 2.63 bits per heavy atom. The van der Waals surface area contributed by atoms with E-state index in [0.717, 1.165) is 72.5 Å². The summed E-state index contributed by atoms with van der Waals surface area (Å²) in [6, 6.07) is 21.2. The average molecular weight is 509 g/mol. The molecule has 194 valence electrons. The number of carbonyl (C=O) groups excluding carboxylic acids is 1. The molecule has 5 rings (SSSR count). The van der Waals surface area contributed by atoms with E-state index in [-0.39, 0.29) is 5.91 Å². The number of fused-ring (bicyclic) bond motifs is 1. The first-order valence-corrected chi connectivity index (χ1v) is 13.0. The maximum absolute atomic E-state index is 12.9. The fraction of sp³-hybridized carbons (Fsp3) is 0.250. The lowest BCUT2D eigenvalue weighted by molar-refractivity contribution is 0.0697. The SMILES string of the molecule is COC1=CC(CNC(=O)c2ccc3c(c2)CCCN3Cc2ccc(-c3ccccc3C(=O)O)cc2)=CCC1. The van der Waals surface area contributed by atoms with Gasteiger partial charge >= 0.3 is 5.97 Å². The molecule has 1 aliphatic carbocycles. The zero-order chi connectivity index (χ0) is 26.5. The van der Waals surface area contributed by atoms with Crippen molar-refractivity contribution in [3.63, 3.8) is 0 Å². The molecule has 6 nitrogen and oxygen atoms in total. The van der Waals surface area contributed by atoms with Gasteiger partial charge in [-0.1, -0.05) is 48.5 Å². The van der Waals surface area contributed by atoms with Crippen molar-refractivity contribution in [3.8, 4) is 11.1 Å². The second kappa shape index (κ2) is 11.4. The van der Waals surface area contributed by atoms with E-state index >= 15 is 0 Å². The molecule has 1 aliphatic heterocycles. The molecule has 3 aromatic carbocycles. The van der Waals surface area contributed by atoms with Gasteiger partial charge in [0.1, 0.15) is 0 Å². The first-order chi connectivity index (χ1) is 18.5. The number of hydrogen-bond donors (Lipinski definition) is 2. The molecule has 2 N–H and O–H groups in total. The summed E-state index contributed by atoms with van der Waals surface area (Å²) in [7, 11) is 1.68. The Balaban J connectivity index is 1.26. The van der Waals surface area contributed by atoms with Gasteiger partial charge in [-0.2, -0.15) is 0 Å². The van der Waals surface area contributed by atoms with E-state index in [9.17, 15) is 14.7 Å². The van der Waals surface area contributed by atoms with E-state index in [4.69, 9.17) is 4.74 Å². The summed E-state index contributed by atoms with van der Waals surface area (Å²) in [4.78, 5) is 26.8. The molecular formula is C32H32N2O4. The predicted molar refractivity (Wildman–Crippen MR) is 149 cm³/mol. The molecule has 0 saturated heterocycles. The number of amides is 1. The highest BCUT2D eigenvalue weighted by atomic mass is 16.5. The minimum atomic E-state index is -0.925. The monoisotopic (exact) mass is 508 g/mol. The number of allylic oxidation sites excluding steroid dienone is 2. The van der Waals surface area contributed by atoms with Gasteiger partial charge in [0, 0.05) is 37.3 Å². The number of ether oxygens (including phenoxy) is 1. The second-order valence-corrected chi connectivity index (χ2v) is 9.73. The van der Waals surface area contributed by atoms with Crippen LogP contribution in [0.15, 0.2) is 90.2 Å². The molecule has 0 radical (unpaired) electrons. The van der Waals surface area contributed by atoms with Crippen LogP contribution in [0.25, 0.3) is 11.1 Å². The fourth-order valence-corrected chi connectivity index (χ4v) is 5.22. The number of carbonyl (C=O) groups is 2. The quantitative estimate of drug-likeness (QED) is 0.391. The van der Waals surface area contributed by atoms with Gasteiger partial charge in [-0.05, 0) is 77.4 Å². The Bertz CT molecular complexity index is 1410. The van der Waals surface area contributed by atoms with E-state index in [1.54, 1.807) is 19.2 Å². The standard InChI is InChI=1S/C32H32N2O4/c1-38-27-8-4-6-23(18-27)20-33-31(35)26-15-16-30-25(19-26)7-5-17-34(30)21-22-11-13-24(14-12-22)28-9-2-3-10-29(28)32(36)37/h2-3,6,9-16,18-19H,4-5,7-8,17,20-21H2,1H3,(H,33,35)(H,36,37). The van der Waals surface area contributed by atoms with E-state index in [2.05, 4.69) is 34.5 Å². The van der Waals surface area contributed by atoms with Crippen LogP contribution < -0.4 is 10.2 Å². The maximum Gasteiger partial charge on any atom is 0.336 e. The van der Waals surface area contributed by atoms with Crippen LogP contribution in [-0.2, 0) is 17.7 Å². The highest BCUT2D eigenvalue weighted by Gasteiger charge is 2.19. The lowest BCUT2D eigenvalue weighted by atomic mass is 9.97. The molecule has 38 heavy (non-hydrogen) atoms. The van der Waals surface area contributed by atoms with E-state index < -0.39 is 5.97 Å². The van der Waals surface area contributed by atoms with Crippen molar-refractivity contribution in [1.29, 1.82) is 0 Å². The first kappa shape index (κ1) is 25.3. The Labute approximate surface area is 223 Å². The highest BCUT2D eigenvalue weighted by molar-refractivity contribution is 5.96. The summed E-state index contributed by atoms with van der Waals surface area (Å²) in [6.07, 6.45) is 7.95. The van der Waals surface area contributed by atoms with Crippen LogP contribution in [0.5, 0.6) is 0 Å². The summed E-state index contributed by atoms with van der Waals surface area (Å²) in [5.41, 5.74) is 7.17. The summed E-state index contributed by atoms with van der Waals surface area (Å²) in [5.74, 6) is -0.0443. The fourth-order valence-electron chi connectivity index (χ4n) is 5.22. The third-order valence-corrected chi connectivity index (χ3v) is 7.21. The number of nitrogens with zero attached hydrogens (tertiary/aromatic N) is 1. The highest BCUT2D eigenvalue weighted by Crippen LogP contribution is 2.30. The summed E-state index contributed by atoms with van der Waals surface area (Å²) < 4.78 is 5.35. The molecule has 2 aliphatic rings. The van der Waals surface area contributed by atoms with Gasteiger partial charge in [0.25, 0.3) is 5.91 Å². The molecule has 0 fully saturated rings. The van der Waals surface area contributed by atoms with E-state index in [0.29, 0.717) is 17.7 Å². The van der Waals surface area contributed by atoms with Crippen LogP contribution in [0.3, 0.4) is 0 Å². The number of methoxy groups -OCH3 is 1. The van der Waals surface area contributed by atoms with E-state index in [1.807, 2.05) is 42.5 Å². The molecule has 0 atom stereocenters. The van der Waals surface area contributed by atoms with Crippen molar-refractivity contribution >= 4 is 17.6 Å². The van der Waals surface area contributed by atoms with Crippen LogP contribution in [-0.4, -0.2) is 37.2 Å². The average Bonchev–Trinajstić information content (AvgIpc) is 2.96. The smallest absolute Gasteiger partial charge is 0.336 e. The van der Waals surface area contributed by atoms with Crippen molar-refractivity contribution < 1.29 is 19.4 Å². The number of carboxylic acid groups (broad SMARTS) is 1. The number of anilines is 1. The molecule has 0 bridgehead atoms. The van der Waals surface area contributed by atoms with E-state index in [1.165, 1.54) is 5.56 Å². The minimum absolute atomic E-state index is 0.0685. The van der Waals surface area contributed by atoms with Crippen molar-refractivity contribution in [2.24, 2.45) is 0 Å². The molecule has 0 saturated carbocycles. The number of hydrogen-bond acceptors (Lipinski definition) is 4. The third kappa shape index (κ3) is 5.65. The third-order valence-electron chi connectivity index (χ3n) is 7.21. The molecule has 0 aromatic heterocycles. The molecular weight excluding hydrogens is 476 g/mol. The Kier molecular flexibility index (Phi) is 7.59. The maximum atomic E-state index is 12.9. The number of benzene rings is 3. The largest absolute Gasteiger partial charge is 0.501 e. The van der Waals surface area contributed by atoms with Gasteiger partial charge in [-0.15, -0.1) is 0 Å². The minimum Gasteiger partial charge on any atom is -0.501 e. The van der Waals surface area contributed by atoms with Gasteiger partial charge in [-0.25, -0.2) is 4.79 Å². The number of aromatic carboxylic acids is 1. The number of rotatable bonds is 8. The molecule has 1 heterocycles. The normalized spacial score (nSPS) is 14.7. The van der Waals surface area contributed by atoms with Gasteiger partial charge in [-0.3, -0.25) is 4.79 Å². The van der Waals surface area contributed by atoms with Crippen molar-refractivity contribution in [1.82, 2.24) is 5.32 Å². The number of nitrogens with one attached hydrogen (secondary N) is 1. The van der Waals surface area contributed by atoms with Crippen LogP contribution in [0.4, 0.5) is 5.69 Å². The van der Waals surface area contributed by atoms with Gasteiger partial charge < -0.3 is 20.1 Å². The van der Waals surface area contributed by atoms with Crippen LogP contribution in [0, 0.1) is 0 Å². The summed E-state index contributed by atoms with van der Waals surface area (Å²) in [5, 5.41) is 12.6. The molecule has 1 amide bonds. The Morgan fingerprint density at radius 1 is 1.03 bits per heavy atom. The van der Waals surface area contributed by atoms with Gasteiger partial charge in [0.2, 0.25) is 0 Å². The number of carboxylic acids is 1. The zero-order valence-electron chi connectivity index (χ0n) is 21.6. The summed E-state index contributed by atoms with van der Waals surface area (Å²) >= 11 is 0. The second-order valence-electron chi connectivity index (χ2n) is 9.73. The lowest BCUT2D eigenvalue weighted by Gasteiger charge is -2.32. The van der Waals surface area contributed by atoms with Gasteiger partial charge in [0.05, 0.1) is 18.4 Å². The lowest BCUT2D eigenvalue weighted by Crippen LogP contribution is -2.30. The number of aryl methyl sites for hydroxylation is 1. The van der Waals surface area contributed by atoms with Gasteiger partial charge in [0.15, 0.2) is 0 Å². The summed E-state index contributed by atoms with van der Waals surface area (Å²) in [6.45, 7) is 2.19. The Morgan fingerprint density at radius 2 is 1.84 bits per heavy atom. The van der Waals surface area contributed by atoms with Crippen molar-refractivity contribution in [3.05, 3.63) is 112 Å². The molecule has 0 spiro atoms. The topological polar surface area (TPSA) is 78.9 Å².